The van der Waals surface area contributed by atoms with Crippen molar-refractivity contribution >= 4 is 27.3 Å². The van der Waals surface area contributed by atoms with Crippen molar-refractivity contribution in [2.24, 2.45) is 0 Å². The normalized spacial score (nSPS) is 11.2. The monoisotopic (exact) mass is 329 g/mol. The summed E-state index contributed by atoms with van der Waals surface area (Å²) in [5, 5.41) is 0.0750. The molecule has 0 aliphatic carbocycles. The first-order valence-electron chi connectivity index (χ1n) is 5.99. The molecule has 0 heterocycles. The SMILES string of the molecule is COc1cccc(NS(=O)(=O)Cc2c(F)cccc2Cl)c1. The number of hydrogen-bond donors (Lipinski definition) is 1. The molecule has 0 amide bonds. The van der Waals surface area contributed by atoms with Gasteiger partial charge in [0.05, 0.1) is 18.6 Å². The van der Waals surface area contributed by atoms with Crippen molar-refractivity contribution < 1.29 is 17.5 Å². The molecular weight excluding hydrogens is 317 g/mol. The first kappa shape index (κ1) is 15.6. The molecule has 0 saturated carbocycles. The fourth-order valence-corrected chi connectivity index (χ4v) is 3.30. The van der Waals surface area contributed by atoms with Crippen molar-refractivity contribution in [3.8, 4) is 5.75 Å². The van der Waals surface area contributed by atoms with Gasteiger partial charge in [0.1, 0.15) is 11.6 Å². The van der Waals surface area contributed by atoms with E-state index in [-0.39, 0.29) is 10.6 Å². The summed E-state index contributed by atoms with van der Waals surface area (Å²) < 4.78 is 45.2. The Morgan fingerprint density at radius 2 is 1.95 bits per heavy atom. The zero-order chi connectivity index (χ0) is 15.5. The van der Waals surface area contributed by atoms with Crippen LogP contribution in [0, 0.1) is 5.82 Å². The number of ether oxygens (including phenoxy) is 1. The van der Waals surface area contributed by atoms with E-state index in [1.165, 1.54) is 31.4 Å². The lowest BCUT2D eigenvalue weighted by molar-refractivity contribution is 0.415. The lowest BCUT2D eigenvalue weighted by Gasteiger charge is -2.10. The average Bonchev–Trinajstić information content (AvgIpc) is 2.43. The van der Waals surface area contributed by atoms with Crippen LogP contribution in [-0.2, 0) is 15.8 Å². The lowest BCUT2D eigenvalue weighted by atomic mass is 10.2. The first-order valence-corrected chi connectivity index (χ1v) is 8.02. The number of hydrogen-bond acceptors (Lipinski definition) is 3. The Labute approximate surface area is 127 Å². The van der Waals surface area contributed by atoms with Crippen LogP contribution in [0.25, 0.3) is 0 Å². The molecule has 0 radical (unpaired) electrons. The zero-order valence-electron chi connectivity index (χ0n) is 11.1. The van der Waals surface area contributed by atoms with Crippen LogP contribution < -0.4 is 9.46 Å². The molecule has 2 rings (SSSR count). The van der Waals surface area contributed by atoms with Crippen molar-refractivity contribution in [1.29, 1.82) is 0 Å². The summed E-state index contributed by atoms with van der Waals surface area (Å²) in [4.78, 5) is 0. The Kier molecular flexibility index (Phi) is 4.69. The molecule has 0 aromatic heterocycles. The molecule has 0 saturated heterocycles. The summed E-state index contributed by atoms with van der Waals surface area (Å²) >= 11 is 5.83. The number of rotatable bonds is 5. The standard InChI is InChI=1S/C14H13ClFNO3S/c1-20-11-5-2-4-10(8-11)17-21(18,19)9-12-13(15)6-3-7-14(12)16/h2-8,17H,9H2,1H3. The van der Waals surface area contributed by atoms with E-state index in [9.17, 15) is 12.8 Å². The van der Waals surface area contributed by atoms with Gasteiger partial charge in [-0.2, -0.15) is 0 Å². The number of nitrogens with one attached hydrogen (secondary N) is 1. The molecule has 0 unspecified atom stereocenters. The van der Waals surface area contributed by atoms with E-state index in [2.05, 4.69) is 4.72 Å². The summed E-state index contributed by atoms with van der Waals surface area (Å²) in [7, 11) is -2.31. The largest absolute Gasteiger partial charge is 0.497 e. The van der Waals surface area contributed by atoms with Gasteiger partial charge in [-0.05, 0) is 24.3 Å². The third-order valence-corrected chi connectivity index (χ3v) is 4.31. The van der Waals surface area contributed by atoms with E-state index in [0.29, 0.717) is 11.4 Å². The maximum atomic E-state index is 13.6. The Hall–Kier alpha value is -1.79. The van der Waals surface area contributed by atoms with Crippen molar-refractivity contribution in [3.63, 3.8) is 0 Å². The van der Waals surface area contributed by atoms with Crippen LogP contribution >= 0.6 is 11.6 Å². The highest BCUT2D eigenvalue weighted by molar-refractivity contribution is 7.91. The molecule has 7 heteroatoms. The number of methoxy groups -OCH3 is 1. The van der Waals surface area contributed by atoms with E-state index in [1.807, 2.05) is 0 Å². The minimum atomic E-state index is -3.79. The quantitative estimate of drug-likeness (QED) is 0.914. The predicted molar refractivity (Wildman–Crippen MR) is 80.7 cm³/mol. The maximum absolute atomic E-state index is 13.6. The fraction of sp³-hybridized carbons (Fsp3) is 0.143. The van der Waals surface area contributed by atoms with Crippen LogP contribution in [-0.4, -0.2) is 15.5 Å². The van der Waals surface area contributed by atoms with Gasteiger partial charge in [0.2, 0.25) is 10.0 Å². The highest BCUT2D eigenvalue weighted by Crippen LogP contribution is 2.23. The molecule has 0 bridgehead atoms. The van der Waals surface area contributed by atoms with E-state index in [0.717, 1.165) is 0 Å². The van der Waals surface area contributed by atoms with Gasteiger partial charge in [0, 0.05) is 16.7 Å². The second-order valence-corrected chi connectivity index (χ2v) is 6.42. The second kappa shape index (κ2) is 6.32. The summed E-state index contributed by atoms with van der Waals surface area (Å²) in [6.07, 6.45) is 0. The van der Waals surface area contributed by atoms with Gasteiger partial charge < -0.3 is 4.74 Å². The van der Waals surface area contributed by atoms with Crippen LogP contribution in [0.15, 0.2) is 42.5 Å². The van der Waals surface area contributed by atoms with E-state index in [1.54, 1.807) is 18.2 Å². The minimum absolute atomic E-state index is 0.0606. The molecule has 112 valence electrons. The maximum Gasteiger partial charge on any atom is 0.237 e. The van der Waals surface area contributed by atoms with Crippen molar-refractivity contribution in [2.75, 3.05) is 11.8 Å². The van der Waals surface area contributed by atoms with Gasteiger partial charge in [-0.3, -0.25) is 4.72 Å². The third kappa shape index (κ3) is 4.09. The van der Waals surface area contributed by atoms with Gasteiger partial charge >= 0.3 is 0 Å². The van der Waals surface area contributed by atoms with E-state index in [4.69, 9.17) is 16.3 Å². The highest BCUT2D eigenvalue weighted by Gasteiger charge is 2.17. The van der Waals surface area contributed by atoms with Gasteiger partial charge in [-0.15, -0.1) is 0 Å². The number of benzene rings is 2. The third-order valence-electron chi connectivity index (χ3n) is 2.74. The lowest BCUT2D eigenvalue weighted by Crippen LogP contribution is -2.16. The number of anilines is 1. The molecule has 21 heavy (non-hydrogen) atoms. The minimum Gasteiger partial charge on any atom is -0.497 e. The van der Waals surface area contributed by atoms with Crippen LogP contribution in [0.5, 0.6) is 5.75 Å². The van der Waals surface area contributed by atoms with Gasteiger partial charge in [-0.25, -0.2) is 12.8 Å². The molecular formula is C14H13ClFNO3S. The fourth-order valence-electron chi connectivity index (χ4n) is 1.76. The molecule has 2 aromatic rings. The topological polar surface area (TPSA) is 55.4 Å². The van der Waals surface area contributed by atoms with Gasteiger partial charge in [-0.1, -0.05) is 23.7 Å². The molecule has 1 N–H and O–H groups in total. The Balaban J connectivity index is 2.23. The molecule has 2 aromatic carbocycles. The summed E-state index contributed by atoms with van der Waals surface area (Å²) in [6, 6.07) is 10.5. The molecule has 0 atom stereocenters. The molecule has 0 aliphatic heterocycles. The highest BCUT2D eigenvalue weighted by atomic mass is 35.5. The first-order chi connectivity index (χ1) is 9.91. The molecule has 0 aliphatic rings. The van der Waals surface area contributed by atoms with Gasteiger partial charge in [0.25, 0.3) is 0 Å². The van der Waals surface area contributed by atoms with Crippen LogP contribution in [0.3, 0.4) is 0 Å². The van der Waals surface area contributed by atoms with Gasteiger partial charge in [0.15, 0.2) is 0 Å². The number of halogens is 2. The predicted octanol–water partition coefficient (Wildman–Crippen LogP) is 3.43. The zero-order valence-corrected chi connectivity index (χ0v) is 12.7. The Morgan fingerprint density at radius 3 is 2.62 bits per heavy atom. The molecule has 4 nitrogen and oxygen atoms in total. The Morgan fingerprint density at radius 1 is 1.24 bits per heavy atom. The van der Waals surface area contributed by atoms with Crippen molar-refractivity contribution in [2.45, 2.75) is 5.75 Å². The van der Waals surface area contributed by atoms with Crippen molar-refractivity contribution in [3.05, 3.63) is 58.9 Å². The average molecular weight is 330 g/mol. The van der Waals surface area contributed by atoms with Crippen molar-refractivity contribution in [1.82, 2.24) is 0 Å². The summed E-state index contributed by atoms with van der Waals surface area (Å²) in [5.41, 5.74) is 0.274. The Bertz CT molecular complexity index is 729. The summed E-state index contributed by atoms with van der Waals surface area (Å²) in [6.45, 7) is 0. The second-order valence-electron chi connectivity index (χ2n) is 4.29. The van der Waals surface area contributed by atoms with Crippen LogP contribution in [0.2, 0.25) is 5.02 Å². The molecule has 0 spiro atoms. The van der Waals surface area contributed by atoms with E-state index < -0.39 is 21.6 Å². The van der Waals surface area contributed by atoms with Crippen LogP contribution in [0.1, 0.15) is 5.56 Å². The van der Waals surface area contributed by atoms with E-state index >= 15 is 0 Å². The molecule has 0 fully saturated rings. The number of sulfonamides is 1. The van der Waals surface area contributed by atoms with Crippen LogP contribution in [0.4, 0.5) is 10.1 Å². The summed E-state index contributed by atoms with van der Waals surface area (Å²) in [5.74, 6) is -0.687. The smallest absolute Gasteiger partial charge is 0.237 e.